The van der Waals surface area contributed by atoms with Crippen molar-refractivity contribution >= 4 is 17.4 Å². The molecule has 0 aliphatic rings. The summed E-state index contributed by atoms with van der Waals surface area (Å²) in [4.78, 5) is 12.0. The third kappa shape index (κ3) is 4.08. The van der Waals surface area contributed by atoms with Crippen LogP contribution in [0.5, 0.6) is 0 Å². The first kappa shape index (κ1) is 15.1. The maximum absolute atomic E-state index is 12.0. The summed E-state index contributed by atoms with van der Waals surface area (Å²) in [6, 6.07) is 5.93. The van der Waals surface area contributed by atoms with Crippen LogP contribution in [-0.4, -0.2) is 17.6 Å². The highest BCUT2D eigenvalue weighted by Crippen LogP contribution is 2.22. The molecule has 1 aromatic heterocycles. The molecule has 1 amide bonds. The molecule has 0 spiro atoms. The van der Waals surface area contributed by atoms with Crippen molar-refractivity contribution in [1.82, 2.24) is 5.16 Å². The predicted octanol–water partition coefficient (Wildman–Crippen LogP) is 3.35. The molecule has 0 aliphatic carbocycles. The molecule has 0 atom stereocenters. The average Bonchev–Trinajstić information content (AvgIpc) is 2.79. The van der Waals surface area contributed by atoms with Crippen molar-refractivity contribution < 1.29 is 9.32 Å². The van der Waals surface area contributed by atoms with E-state index in [2.05, 4.69) is 34.8 Å². The summed E-state index contributed by atoms with van der Waals surface area (Å²) in [5.41, 5.74) is 4.27. The average molecular weight is 287 g/mol. The Kier molecular flexibility index (Phi) is 4.62. The monoisotopic (exact) mass is 287 g/mol. The van der Waals surface area contributed by atoms with E-state index in [0.717, 1.165) is 22.6 Å². The molecule has 0 saturated carbocycles. The Morgan fingerprint density at radius 2 is 1.81 bits per heavy atom. The first-order chi connectivity index (χ1) is 9.95. The SMILES string of the molecule is Cc1cc(C)c(NC(=O)CCNc2cc(C)on2)c(C)c1. The van der Waals surface area contributed by atoms with Crippen LogP contribution in [-0.2, 0) is 4.79 Å². The van der Waals surface area contributed by atoms with Crippen molar-refractivity contribution in [3.63, 3.8) is 0 Å². The van der Waals surface area contributed by atoms with Crippen LogP contribution in [0.1, 0.15) is 28.9 Å². The minimum Gasteiger partial charge on any atom is -0.367 e. The number of hydrogen-bond donors (Lipinski definition) is 2. The zero-order valence-corrected chi connectivity index (χ0v) is 12.9. The second kappa shape index (κ2) is 6.43. The summed E-state index contributed by atoms with van der Waals surface area (Å²) >= 11 is 0. The summed E-state index contributed by atoms with van der Waals surface area (Å²) in [5, 5.41) is 9.85. The molecular formula is C16H21N3O2. The largest absolute Gasteiger partial charge is 0.367 e. The molecule has 0 saturated heterocycles. The molecule has 0 fully saturated rings. The van der Waals surface area contributed by atoms with Crippen molar-refractivity contribution in [1.29, 1.82) is 0 Å². The van der Waals surface area contributed by atoms with Gasteiger partial charge in [-0.3, -0.25) is 4.79 Å². The Labute approximate surface area is 124 Å². The normalized spacial score (nSPS) is 10.5. The molecule has 112 valence electrons. The van der Waals surface area contributed by atoms with Gasteiger partial charge in [-0.1, -0.05) is 22.9 Å². The van der Waals surface area contributed by atoms with Gasteiger partial charge in [0, 0.05) is 24.7 Å². The van der Waals surface area contributed by atoms with E-state index in [1.165, 1.54) is 5.56 Å². The Bertz CT molecular complexity index is 624. The molecule has 5 nitrogen and oxygen atoms in total. The zero-order valence-electron chi connectivity index (χ0n) is 12.9. The molecule has 1 heterocycles. The Morgan fingerprint density at radius 1 is 1.14 bits per heavy atom. The molecule has 5 heteroatoms. The number of aromatic nitrogens is 1. The van der Waals surface area contributed by atoms with E-state index < -0.39 is 0 Å². The molecule has 0 aliphatic heterocycles. The van der Waals surface area contributed by atoms with Crippen LogP contribution in [0.3, 0.4) is 0 Å². The van der Waals surface area contributed by atoms with Gasteiger partial charge in [0.1, 0.15) is 5.76 Å². The third-order valence-corrected chi connectivity index (χ3v) is 3.23. The van der Waals surface area contributed by atoms with Gasteiger partial charge in [-0.2, -0.15) is 0 Å². The highest BCUT2D eigenvalue weighted by atomic mass is 16.5. The molecule has 1 aromatic carbocycles. The van der Waals surface area contributed by atoms with Gasteiger partial charge in [-0.15, -0.1) is 0 Å². The van der Waals surface area contributed by atoms with Crippen LogP contribution >= 0.6 is 0 Å². The summed E-state index contributed by atoms with van der Waals surface area (Å²) in [7, 11) is 0. The van der Waals surface area contributed by atoms with Crippen molar-refractivity contribution in [2.45, 2.75) is 34.1 Å². The van der Waals surface area contributed by atoms with Crippen molar-refractivity contribution in [2.75, 3.05) is 17.2 Å². The van der Waals surface area contributed by atoms with Crippen molar-refractivity contribution in [3.05, 3.63) is 40.6 Å². The van der Waals surface area contributed by atoms with Crippen molar-refractivity contribution in [2.24, 2.45) is 0 Å². The van der Waals surface area contributed by atoms with Gasteiger partial charge in [0.25, 0.3) is 0 Å². The summed E-state index contributed by atoms with van der Waals surface area (Å²) < 4.78 is 4.95. The topological polar surface area (TPSA) is 67.2 Å². The molecule has 2 N–H and O–H groups in total. The van der Waals surface area contributed by atoms with Gasteiger partial charge in [0.05, 0.1) is 0 Å². The number of anilines is 2. The fraction of sp³-hybridized carbons (Fsp3) is 0.375. The van der Waals surface area contributed by atoms with Crippen LogP contribution in [0.2, 0.25) is 0 Å². The lowest BCUT2D eigenvalue weighted by Gasteiger charge is -2.13. The minimum atomic E-state index is -0.0160. The molecular weight excluding hydrogens is 266 g/mol. The van der Waals surface area contributed by atoms with Crippen LogP contribution in [0.15, 0.2) is 22.7 Å². The fourth-order valence-corrected chi connectivity index (χ4v) is 2.33. The van der Waals surface area contributed by atoms with Crippen LogP contribution < -0.4 is 10.6 Å². The second-order valence-corrected chi connectivity index (χ2v) is 5.32. The number of nitrogens with zero attached hydrogens (tertiary/aromatic N) is 1. The van der Waals surface area contributed by atoms with E-state index in [1.54, 1.807) is 6.07 Å². The van der Waals surface area contributed by atoms with Gasteiger partial charge in [-0.25, -0.2) is 0 Å². The summed E-state index contributed by atoms with van der Waals surface area (Å²) in [5.74, 6) is 1.38. The smallest absolute Gasteiger partial charge is 0.226 e. The zero-order chi connectivity index (χ0) is 15.4. The third-order valence-electron chi connectivity index (χ3n) is 3.23. The number of nitrogens with one attached hydrogen (secondary N) is 2. The van der Waals surface area contributed by atoms with E-state index in [-0.39, 0.29) is 5.91 Å². The fourth-order valence-electron chi connectivity index (χ4n) is 2.33. The van der Waals surface area contributed by atoms with Gasteiger partial charge >= 0.3 is 0 Å². The Hall–Kier alpha value is -2.30. The second-order valence-electron chi connectivity index (χ2n) is 5.32. The lowest BCUT2D eigenvalue weighted by atomic mass is 10.1. The van der Waals surface area contributed by atoms with Crippen LogP contribution in [0.4, 0.5) is 11.5 Å². The number of amides is 1. The highest BCUT2D eigenvalue weighted by molar-refractivity contribution is 5.92. The Morgan fingerprint density at radius 3 is 2.38 bits per heavy atom. The van der Waals surface area contributed by atoms with Gasteiger partial charge in [-0.05, 0) is 38.8 Å². The maximum Gasteiger partial charge on any atom is 0.226 e. The molecule has 21 heavy (non-hydrogen) atoms. The predicted molar refractivity (Wildman–Crippen MR) is 83.6 cm³/mol. The highest BCUT2D eigenvalue weighted by Gasteiger charge is 2.08. The van der Waals surface area contributed by atoms with E-state index >= 15 is 0 Å². The molecule has 2 rings (SSSR count). The van der Waals surface area contributed by atoms with Crippen LogP contribution in [0, 0.1) is 27.7 Å². The van der Waals surface area contributed by atoms with Crippen molar-refractivity contribution in [3.8, 4) is 0 Å². The Balaban J connectivity index is 1.87. The summed E-state index contributed by atoms with van der Waals surface area (Å²) in [6.07, 6.45) is 0.374. The first-order valence-electron chi connectivity index (χ1n) is 7.00. The number of hydrogen-bond acceptors (Lipinski definition) is 4. The molecule has 2 aromatic rings. The lowest BCUT2D eigenvalue weighted by molar-refractivity contribution is -0.115. The maximum atomic E-state index is 12.0. The van der Waals surface area contributed by atoms with Gasteiger partial charge in [0.15, 0.2) is 5.82 Å². The van der Waals surface area contributed by atoms with Gasteiger partial charge in [0.2, 0.25) is 5.91 Å². The van der Waals surface area contributed by atoms with Gasteiger partial charge < -0.3 is 15.2 Å². The van der Waals surface area contributed by atoms with E-state index in [4.69, 9.17) is 4.52 Å². The van der Waals surface area contributed by atoms with Crippen LogP contribution in [0.25, 0.3) is 0 Å². The summed E-state index contributed by atoms with van der Waals surface area (Å²) in [6.45, 7) is 8.41. The number of carbonyl (C=O) groups is 1. The number of rotatable bonds is 5. The molecule has 0 bridgehead atoms. The lowest BCUT2D eigenvalue weighted by Crippen LogP contribution is -2.17. The standard InChI is InChI=1S/C16H21N3O2/c1-10-7-11(2)16(12(3)8-10)18-15(20)5-6-17-14-9-13(4)21-19-14/h7-9H,5-6H2,1-4H3,(H,17,19)(H,18,20). The quantitative estimate of drug-likeness (QED) is 0.885. The number of aryl methyl sites for hydroxylation is 4. The van der Waals surface area contributed by atoms with E-state index in [0.29, 0.717) is 18.8 Å². The minimum absolute atomic E-state index is 0.0160. The first-order valence-corrected chi connectivity index (χ1v) is 7.00. The number of benzene rings is 1. The molecule has 0 unspecified atom stereocenters. The number of carbonyl (C=O) groups excluding carboxylic acids is 1. The molecule has 0 radical (unpaired) electrons. The van der Waals surface area contributed by atoms with E-state index in [9.17, 15) is 4.79 Å². The van der Waals surface area contributed by atoms with E-state index in [1.807, 2.05) is 20.8 Å².